The molecule has 1 rings (SSSR count). The number of rotatable bonds is 4. The molecule has 1 aliphatic rings. The number of hydrogen-bond acceptors (Lipinski definition) is 3. The van der Waals surface area contributed by atoms with E-state index in [1.807, 2.05) is 14.1 Å². The highest BCUT2D eigenvalue weighted by molar-refractivity contribution is 7.86. The molecular formula is C11H25N5O2S. The number of aliphatic imine (C=N–C) groups is 1. The van der Waals surface area contributed by atoms with Crippen molar-refractivity contribution in [1.29, 1.82) is 0 Å². The maximum Gasteiger partial charge on any atom is 0.281 e. The van der Waals surface area contributed by atoms with Gasteiger partial charge in [-0.2, -0.15) is 17.0 Å². The van der Waals surface area contributed by atoms with Crippen LogP contribution in [0.15, 0.2) is 4.99 Å². The Morgan fingerprint density at radius 1 is 1.32 bits per heavy atom. The monoisotopic (exact) mass is 291 g/mol. The molecule has 0 saturated carbocycles. The molecule has 1 aliphatic heterocycles. The molecule has 1 saturated heterocycles. The van der Waals surface area contributed by atoms with E-state index in [-0.39, 0.29) is 6.04 Å². The van der Waals surface area contributed by atoms with Crippen LogP contribution in [-0.4, -0.2) is 75.2 Å². The first-order chi connectivity index (χ1) is 8.76. The molecule has 19 heavy (non-hydrogen) atoms. The second-order valence-electron chi connectivity index (χ2n) is 5.14. The fourth-order valence-corrected chi connectivity index (χ4v) is 3.34. The molecule has 8 heteroatoms. The van der Waals surface area contributed by atoms with Crippen LogP contribution >= 0.6 is 0 Å². The largest absolute Gasteiger partial charge is 0.370 e. The Morgan fingerprint density at radius 3 is 2.47 bits per heavy atom. The number of hydrogen-bond donors (Lipinski definition) is 1. The average molecular weight is 291 g/mol. The van der Waals surface area contributed by atoms with Crippen LogP contribution in [0.25, 0.3) is 0 Å². The summed E-state index contributed by atoms with van der Waals surface area (Å²) in [4.78, 5) is 5.98. The number of nitrogens with zero attached hydrogens (tertiary/aromatic N) is 4. The predicted octanol–water partition coefficient (Wildman–Crippen LogP) is -0.476. The summed E-state index contributed by atoms with van der Waals surface area (Å²) in [6, 6.07) is -0.0975. The van der Waals surface area contributed by atoms with Crippen LogP contribution in [0.1, 0.15) is 19.3 Å². The fraction of sp³-hybridized carbons (Fsp3) is 0.909. The molecule has 1 heterocycles. The zero-order valence-corrected chi connectivity index (χ0v) is 13.0. The van der Waals surface area contributed by atoms with Gasteiger partial charge < -0.3 is 10.6 Å². The molecule has 112 valence electrons. The highest BCUT2D eigenvalue weighted by Gasteiger charge is 2.33. The van der Waals surface area contributed by atoms with Crippen molar-refractivity contribution in [2.75, 3.05) is 41.3 Å². The van der Waals surface area contributed by atoms with Crippen LogP contribution in [0, 0.1) is 0 Å². The van der Waals surface area contributed by atoms with Crippen LogP contribution in [0.2, 0.25) is 0 Å². The first-order valence-electron chi connectivity index (χ1n) is 6.43. The van der Waals surface area contributed by atoms with Crippen LogP contribution in [0.3, 0.4) is 0 Å². The summed E-state index contributed by atoms with van der Waals surface area (Å²) in [5, 5.41) is 0. The van der Waals surface area contributed by atoms with E-state index in [9.17, 15) is 8.42 Å². The van der Waals surface area contributed by atoms with Crippen molar-refractivity contribution in [2.24, 2.45) is 10.7 Å². The van der Waals surface area contributed by atoms with Gasteiger partial charge in [-0.05, 0) is 12.8 Å². The summed E-state index contributed by atoms with van der Waals surface area (Å²) >= 11 is 0. The molecule has 0 aromatic heterocycles. The van der Waals surface area contributed by atoms with Crippen molar-refractivity contribution >= 4 is 16.2 Å². The lowest BCUT2D eigenvalue weighted by Crippen LogP contribution is -2.50. The minimum Gasteiger partial charge on any atom is -0.370 e. The maximum absolute atomic E-state index is 12.2. The molecule has 0 amide bonds. The first-order valence-corrected chi connectivity index (χ1v) is 7.83. The Balaban J connectivity index is 2.82. The average Bonchev–Trinajstić information content (AvgIpc) is 2.35. The van der Waals surface area contributed by atoms with Crippen molar-refractivity contribution in [3.63, 3.8) is 0 Å². The second-order valence-corrected chi connectivity index (χ2v) is 7.24. The van der Waals surface area contributed by atoms with Gasteiger partial charge in [0.2, 0.25) is 0 Å². The van der Waals surface area contributed by atoms with Crippen LogP contribution < -0.4 is 5.73 Å². The van der Waals surface area contributed by atoms with E-state index in [1.165, 1.54) is 4.31 Å². The highest BCUT2D eigenvalue weighted by Crippen LogP contribution is 2.21. The van der Waals surface area contributed by atoms with Gasteiger partial charge in [-0.3, -0.25) is 4.99 Å². The molecule has 0 radical (unpaired) electrons. The number of nitrogens with two attached hydrogens (primary N) is 1. The van der Waals surface area contributed by atoms with Gasteiger partial charge in [-0.1, -0.05) is 6.42 Å². The Morgan fingerprint density at radius 2 is 1.95 bits per heavy atom. The summed E-state index contributed by atoms with van der Waals surface area (Å²) in [5.74, 6) is 0.424. The van der Waals surface area contributed by atoms with E-state index in [2.05, 4.69) is 4.99 Å². The maximum atomic E-state index is 12.2. The van der Waals surface area contributed by atoms with E-state index in [4.69, 9.17) is 5.73 Å². The van der Waals surface area contributed by atoms with Gasteiger partial charge in [0, 0.05) is 40.8 Å². The summed E-state index contributed by atoms with van der Waals surface area (Å²) < 4.78 is 27.3. The van der Waals surface area contributed by atoms with Gasteiger partial charge in [-0.15, -0.1) is 0 Å². The normalized spacial score (nSPS) is 22.8. The third-order valence-corrected chi connectivity index (χ3v) is 5.25. The molecule has 0 bridgehead atoms. The summed E-state index contributed by atoms with van der Waals surface area (Å²) in [7, 11) is 3.36. The zero-order valence-electron chi connectivity index (χ0n) is 12.2. The lowest BCUT2D eigenvalue weighted by Gasteiger charge is -2.35. The number of guanidine groups is 1. The van der Waals surface area contributed by atoms with Crippen LogP contribution in [-0.2, 0) is 10.2 Å². The highest BCUT2D eigenvalue weighted by atomic mass is 32.2. The standard InChI is InChI=1S/C11H25N5O2S/c1-14(2)11(12)13-9-10-7-5-6-8-16(10)19(17,18)15(3)4/h10H,5-9H2,1-4H3,(H2,12,13). The van der Waals surface area contributed by atoms with Gasteiger partial charge in [-0.25, -0.2) is 0 Å². The van der Waals surface area contributed by atoms with Crippen molar-refractivity contribution in [1.82, 2.24) is 13.5 Å². The van der Waals surface area contributed by atoms with Gasteiger partial charge in [0.05, 0.1) is 6.54 Å². The van der Waals surface area contributed by atoms with Crippen molar-refractivity contribution in [2.45, 2.75) is 25.3 Å². The molecule has 1 unspecified atom stereocenters. The Labute approximate surface area is 116 Å². The molecule has 0 spiro atoms. The van der Waals surface area contributed by atoms with Crippen LogP contribution in [0.5, 0.6) is 0 Å². The zero-order chi connectivity index (χ0) is 14.6. The first kappa shape index (κ1) is 16.2. The predicted molar refractivity (Wildman–Crippen MR) is 77.1 cm³/mol. The molecular weight excluding hydrogens is 266 g/mol. The molecule has 0 aliphatic carbocycles. The fourth-order valence-electron chi connectivity index (χ4n) is 2.01. The summed E-state index contributed by atoms with van der Waals surface area (Å²) in [6.45, 7) is 0.972. The Hall–Kier alpha value is -0.860. The molecule has 1 fully saturated rings. The third kappa shape index (κ3) is 4.05. The Bertz CT molecular complexity index is 419. The lowest BCUT2D eigenvalue weighted by molar-refractivity contribution is 0.245. The van der Waals surface area contributed by atoms with E-state index in [1.54, 1.807) is 23.3 Å². The van der Waals surface area contributed by atoms with Crippen molar-refractivity contribution < 1.29 is 8.42 Å². The van der Waals surface area contributed by atoms with Gasteiger partial charge in [0.1, 0.15) is 0 Å². The topological polar surface area (TPSA) is 82.2 Å². The van der Waals surface area contributed by atoms with E-state index in [0.29, 0.717) is 19.0 Å². The third-order valence-electron chi connectivity index (χ3n) is 3.25. The summed E-state index contributed by atoms with van der Waals surface area (Å²) in [6.07, 6.45) is 2.76. The second kappa shape index (κ2) is 6.53. The number of piperidine rings is 1. The van der Waals surface area contributed by atoms with Crippen molar-refractivity contribution in [3.05, 3.63) is 0 Å². The SMILES string of the molecule is CN(C)C(N)=NCC1CCCCN1S(=O)(=O)N(C)C. The van der Waals surface area contributed by atoms with E-state index < -0.39 is 10.2 Å². The summed E-state index contributed by atoms with van der Waals surface area (Å²) in [5.41, 5.74) is 5.75. The van der Waals surface area contributed by atoms with E-state index in [0.717, 1.165) is 19.3 Å². The smallest absolute Gasteiger partial charge is 0.281 e. The minimum absolute atomic E-state index is 0.0975. The minimum atomic E-state index is -3.37. The molecule has 0 aromatic rings. The quantitative estimate of drug-likeness (QED) is 0.560. The van der Waals surface area contributed by atoms with Crippen LogP contribution in [0.4, 0.5) is 0 Å². The molecule has 2 N–H and O–H groups in total. The molecule has 1 atom stereocenters. The van der Waals surface area contributed by atoms with Crippen molar-refractivity contribution in [3.8, 4) is 0 Å². The van der Waals surface area contributed by atoms with Gasteiger partial charge >= 0.3 is 0 Å². The van der Waals surface area contributed by atoms with Gasteiger partial charge in [0.15, 0.2) is 5.96 Å². The molecule has 7 nitrogen and oxygen atoms in total. The van der Waals surface area contributed by atoms with E-state index >= 15 is 0 Å². The Kier molecular flexibility index (Phi) is 5.57. The molecule has 0 aromatic carbocycles. The lowest BCUT2D eigenvalue weighted by atomic mass is 10.1. The van der Waals surface area contributed by atoms with Gasteiger partial charge in [0.25, 0.3) is 10.2 Å².